The van der Waals surface area contributed by atoms with E-state index in [1.54, 1.807) is 0 Å². The summed E-state index contributed by atoms with van der Waals surface area (Å²) in [5.74, 6) is 0.690. The molecule has 0 radical (unpaired) electrons. The Morgan fingerprint density at radius 3 is 2.33 bits per heavy atom. The van der Waals surface area contributed by atoms with E-state index < -0.39 is 0 Å². The molecule has 0 spiro atoms. The number of nitrogens with zero attached hydrogens (tertiary/aromatic N) is 3. The van der Waals surface area contributed by atoms with E-state index in [0.717, 1.165) is 11.3 Å². The Bertz CT molecular complexity index is 450. The third-order valence-corrected chi connectivity index (χ3v) is 2.84. The van der Waals surface area contributed by atoms with Crippen LogP contribution in [0.5, 0.6) is 0 Å². The smallest absolute Gasteiger partial charge is 0.203 e. The van der Waals surface area contributed by atoms with E-state index in [1.807, 2.05) is 43.3 Å². The molecule has 0 aliphatic carbocycles. The Morgan fingerprint density at radius 2 is 1.87 bits per heavy atom. The van der Waals surface area contributed by atoms with Crippen LogP contribution in [-0.2, 0) is 0 Å². The number of hydrogen-bond acceptors (Lipinski definition) is 4. The number of aromatic nitrogens is 2. The molecule has 0 bridgehead atoms. The zero-order valence-electron chi connectivity index (χ0n) is 8.44. The largest absolute Gasteiger partial charge is 0.378 e. The molecule has 78 valence electrons. The minimum atomic E-state index is 0.474. The Hall–Kier alpha value is -1.13. The van der Waals surface area contributed by atoms with Crippen molar-refractivity contribution < 1.29 is 0 Å². The maximum Gasteiger partial charge on any atom is 0.203 e. The van der Waals surface area contributed by atoms with Crippen LogP contribution in [-0.4, -0.2) is 23.5 Å². The van der Waals surface area contributed by atoms with Gasteiger partial charge in [0.25, 0.3) is 0 Å². The highest BCUT2D eigenvalue weighted by Gasteiger charge is 2.04. The molecule has 0 N–H and O–H groups in total. The van der Waals surface area contributed by atoms with Gasteiger partial charge in [-0.1, -0.05) is 0 Å². The molecular weight excluding hydrogens is 230 g/mol. The average molecular weight is 240 g/mol. The van der Waals surface area contributed by atoms with Crippen molar-refractivity contribution >= 4 is 28.8 Å². The third kappa shape index (κ3) is 2.27. The predicted molar refractivity (Wildman–Crippen MR) is 64.7 cm³/mol. The van der Waals surface area contributed by atoms with Crippen molar-refractivity contribution in [2.75, 3.05) is 19.0 Å². The van der Waals surface area contributed by atoms with Crippen molar-refractivity contribution in [2.24, 2.45) is 0 Å². The summed E-state index contributed by atoms with van der Waals surface area (Å²) in [6.07, 6.45) is 0. The molecule has 0 amide bonds. The van der Waals surface area contributed by atoms with Crippen LogP contribution in [0.3, 0.4) is 0 Å². The summed E-state index contributed by atoms with van der Waals surface area (Å²) in [5.41, 5.74) is 2.14. The quantitative estimate of drug-likeness (QED) is 0.807. The maximum absolute atomic E-state index is 5.73. The first-order chi connectivity index (χ1) is 7.16. The molecule has 0 saturated heterocycles. The highest BCUT2D eigenvalue weighted by atomic mass is 35.5. The Balaban J connectivity index is 2.31. The van der Waals surface area contributed by atoms with Gasteiger partial charge in [0, 0.05) is 25.3 Å². The lowest BCUT2D eigenvalue weighted by Gasteiger charge is -2.11. The van der Waals surface area contributed by atoms with Crippen LogP contribution in [0, 0.1) is 0 Å². The molecular formula is C10H10ClN3S. The van der Waals surface area contributed by atoms with Gasteiger partial charge in [-0.3, -0.25) is 0 Å². The van der Waals surface area contributed by atoms with Gasteiger partial charge in [0.05, 0.1) is 0 Å². The van der Waals surface area contributed by atoms with Gasteiger partial charge in [-0.25, -0.2) is 4.98 Å². The van der Waals surface area contributed by atoms with Gasteiger partial charge in [0.1, 0.15) is 0 Å². The summed E-state index contributed by atoms with van der Waals surface area (Å²) in [6, 6.07) is 8.05. The van der Waals surface area contributed by atoms with Crippen LogP contribution in [0.15, 0.2) is 24.3 Å². The first-order valence-electron chi connectivity index (χ1n) is 4.44. The van der Waals surface area contributed by atoms with Crippen LogP contribution in [0.25, 0.3) is 11.4 Å². The molecule has 0 fully saturated rings. The monoisotopic (exact) mass is 239 g/mol. The molecule has 0 aliphatic heterocycles. The van der Waals surface area contributed by atoms with Crippen LogP contribution >= 0.6 is 23.1 Å². The van der Waals surface area contributed by atoms with Crippen molar-refractivity contribution in [3.63, 3.8) is 0 Å². The van der Waals surface area contributed by atoms with Gasteiger partial charge in [-0.05, 0) is 47.4 Å². The predicted octanol–water partition coefficient (Wildman–Crippen LogP) is 2.92. The van der Waals surface area contributed by atoms with Gasteiger partial charge < -0.3 is 4.90 Å². The van der Waals surface area contributed by atoms with E-state index in [0.29, 0.717) is 10.3 Å². The summed E-state index contributed by atoms with van der Waals surface area (Å²) in [6.45, 7) is 0. The molecule has 0 atom stereocenters. The minimum absolute atomic E-state index is 0.474. The summed E-state index contributed by atoms with van der Waals surface area (Å²) >= 11 is 6.93. The standard InChI is InChI=1S/C10H10ClN3S/c1-14(2)8-5-3-7(4-6-8)9-12-10(11)15-13-9/h3-6H,1-2H3. The summed E-state index contributed by atoms with van der Waals surface area (Å²) in [5, 5.41) is 0. The second kappa shape index (κ2) is 4.16. The van der Waals surface area contributed by atoms with E-state index in [4.69, 9.17) is 11.6 Å². The lowest BCUT2D eigenvalue weighted by atomic mass is 10.2. The topological polar surface area (TPSA) is 29.0 Å². The number of benzene rings is 1. The number of hydrogen-bond donors (Lipinski definition) is 0. The number of rotatable bonds is 2. The molecule has 2 aromatic rings. The molecule has 5 heteroatoms. The fourth-order valence-electron chi connectivity index (χ4n) is 1.23. The molecule has 3 nitrogen and oxygen atoms in total. The van der Waals surface area contributed by atoms with Gasteiger partial charge in [0.2, 0.25) is 4.47 Å². The Labute approximate surface area is 97.5 Å². The first kappa shape index (κ1) is 10.4. The fraction of sp³-hybridized carbons (Fsp3) is 0.200. The lowest BCUT2D eigenvalue weighted by molar-refractivity contribution is 1.13. The zero-order valence-corrected chi connectivity index (χ0v) is 10.0. The van der Waals surface area contributed by atoms with E-state index in [9.17, 15) is 0 Å². The number of anilines is 1. The second-order valence-electron chi connectivity index (χ2n) is 3.31. The summed E-state index contributed by atoms with van der Waals surface area (Å²) < 4.78 is 4.62. The lowest BCUT2D eigenvalue weighted by Crippen LogP contribution is -2.07. The van der Waals surface area contributed by atoms with Crippen molar-refractivity contribution in [3.05, 3.63) is 28.7 Å². The van der Waals surface area contributed by atoms with Gasteiger partial charge in [-0.15, -0.1) is 0 Å². The zero-order chi connectivity index (χ0) is 10.8. The molecule has 2 rings (SSSR count). The molecule has 1 aromatic carbocycles. The minimum Gasteiger partial charge on any atom is -0.378 e. The van der Waals surface area contributed by atoms with Crippen molar-refractivity contribution in [3.8, 4) is 11.4 Å². The molecule has 0 unspecified atom stereocenters. The van der Waals surface area contributed by atoms with Crippen LogP contribution < -0.4 is 4.90 Å². The van der Waals surface area contributed by atoms with Crippen LogP contribution in [0.4, 0.5) is 5.69 Å². The van der Waals surface area contributed by atoms with E-state index in [-0.39, 0.29) is 0 Å². The van der Waals surface area contributed by atoms with Gasteiger partial charge in [0.15, 0.2) is 5.82 Å². The van der Waals surface area contributed by atoms with Gasteiger partial charge >= 0.3 is 0 Å². The number of halogens is 1. The third-order valence-electron chi connectivity index (χ3n) is 2.04. The second-order valence-corrected chi connectivity index (χ2v) is 4.65. The molecule has 0 aliphatic rings. The van der Waals surface area contributed by atoms with Crippen molar-refractivity contribution in [1.82, 2.24) is 9.36 Å². The van der Waals surface area contributed by atoms with Gasteiger partial charge in [-0.2, -0.15) is 4.37 Å². The first-order valence-corrected chi connectivity index (χ1v) is 5.59. The fourth-order valence-corrected chi connectivity index (χ4v) is 1.85. The SMILES string of the molecule is CN(C)c1ccc(-c2nsc(Cl)n2)cc1. The van der Waals surface area contributed by atoms with Crippen LogP contribution in [0.1, 0.15) is 0 Å². The molecule has 15 heavy (non-hydrogen) atoms. The van der Waals surface area contributed by atoms with E-state index in [1.165, 1.54) is 11.5 Å². The van der Waals surface area contributed by atoms with Crippen LogP contribution in [0.2, 0.25) is 4.47 Å². The van der Waals surface area contributed by atoms with E-state index >= 15 is 0 Å². The molecule has 1 aromatic heterocycles. The summed E-state index contributed by atoms with van der Waals surface area (Å²) in [4.78, 5) is 6.16. The Morgan fingerprint density at radius 1 is 1.20 bits per heavy atom. The molecule has 1 heterocycles. The highest BCUT2D eigenvalue weighted by molar-refractivity contribution is 7.10. The summed E-state index contributed by atoms with van der Waals surface area (Å²) in [7, 11) is 4.01. The maximum atomic E-state index is 5.73. The van der Waals surface area contributed by atoms with E-state index in [2.05, 4.69) is 9.36 Å². The highest BCUT2D eigenvalue weighted by Crippen LogP contribution is 2.22. The van der Waals surface area contributed by atoms with Crippen molar-refractivity contribution in [2.45, 2.75) is 0 Å². The Kier molecular flexibility index (Phi) is 2.88. The molecule has 0 saturated carbocycles. The normalized spacial score (nSPS) is 10.3. The average Bonchev–Trinajstić information content (AvgIpc) is 2.65. The van der Waals surface area contributed by atoms with Crippen molar-refractivity contribution in [1.29, 1.82) is 0 Å².